The number of esters is 1. The number of hydrogen-bond donors (Lipinski definition) is 1. The highest BCUT2D eigenvalue weighted by Gasteiger charge is 2.40. The van der Waals surface area contributed by atoms with E-state index in [9.17, 15) is 18.0 Å². The molecule has 162 valence electrons. The molecular formula is C21H20N2O5S3. The molecule has 3 heterocycles. The minimum atomic E-state index is -3.75. The number of nitrogens with one attached hydrogen (secondary N) is 1. The number of rotatable bonds is 6. The Hall–Kier alpha value is -2.53. The molecule has 1 aliphatic rings. The lowest BCUT2D eigenvalue weighted by Crippen LogP contribution is -2.42. The van der Waals surface area contributed by atoms with Gasteiger partial charge >= 0.3 is 5.97 Å². The third-order valence-electron chi connectivity index (χ3n) is 4.98. The summed E-state index contributed by atoms with van der Waals surface area (Å²) >= 11 is 2.34. The van der Waals surface area contributed by atoms with Crippen molar-refractivity contribution in [2.45, 2.75) is 23.1 Å². The van der Waals surface area contributed by atoms with Crippen LogP contribution >= 0.6 is 22.7 Å². The maximum absolute atomic E-state index is 13.1. The van der Waals surface area contributed by atoms with Gasteiger partial charge in [-0.25, -0.2) is 13.2 Å². The van der Waals surface area contributed by atoms with Crippen molar-refractivity contribution in [3.63, 3.8) is 0 Å². The summed E-state index contributed by atoms with van der Waals surface area (Å²) in [5.41, 5.74) is 1.22. The predicted molar refractivity (Wildman–Crippen MR) is 121 cm³/mol. The van der Waals surface area contributed by atoms with Crippen LogP contribution in [-0.2, 0) is 19.6 Å². The lowest BCUT2D eigenvalue weighted by molar-refractivity contribution is -0.119. The summed E-state index contributed by atoms with van der Waals surface area (Å²) in [5, 5.41) is 4.46. The van der Waals surface area contributed by atoms with Gasteiger partial charge in [-0.1, -0.05) is 36.4 Å². The van der Waals surface area contributed by atoms with Gasteiger partial charge in [-0.2, -0.15) is 4.31 Å². The van der Waals surface area contributed by atoms with Gasteiger partial charge in [0, 0.05) is 11.4 Å². The van der Waals surface area contributed by atoms with Crippen LogP contribution in [-0.4, -0.2) is 44.3 Å². The molecule has 0 bridgehead atoms. The standard InChI is InChI=1S/C21H20N2O5S3/c1-28-21(25)19-15(13-17(30-19)14-7-3-2-4-8-14)22-20(24)16-9-5-11-23(16)31(26,27)18-10-6-12-29-18/h2-4,6-8,10,12-13,16H,5,9,11H2,1H3,(H,22,24). The lowest BCUT2D eigenvalue weighted by Gasteiger charge is -2.22. The van der Waals surface area contributed by atoms with E-state index in [1.54, 1.807) is 17.5 Å². The average molecular weight is 477 g/mol. The smallest absolute Gasteiger partial charge is 0.350 e. The summed E-state index contributed by atoms with van der Waals surface area (Å²) in [7, 11) is -2.47. The van der Waals surface area contributed by atoms with Crippen LogP contribution in [0.4, 0.5) is 5.69 Å². The molecule has 0 saturated carbocycles. The molecule has 10 heteroatoms. The molecule has 0 radical (unpaired) electrons. The fourth-order valence-electron chi connectivity index (χ4n) is 3.50. The first-order chi connectivity index (χ1) is 14.9. The number of amides is 1. The second-order valence-corrected chi connectivity index (χ2v) is 11.0. The van der Waals surface area contributed by atoms with Crippen LogP contribution in [0.1, 0.15) is 22.5 Å². The van der Waals surface area contributed by atoms with Crippen LogP contribution in [0.3, 0.4) is 0 Å². The third kappa shape index (κ3) is 4.29. The first-order valence-corrected chi connectivity index (χ1v) is 12.7. The summed E-state index contributed by atoms with van der Waals surface area (Å²) in [6, 6.07) is 13.6. The van der Waals surface area contributed by atoms with Crippen molar-refractivity contribution in [2.75, 3.05) is 19.0 Å². The van der Waals surface area contributed by atoms with Gasteiger partial charge in [0.15, 0.2) is 0 Å². The maximum Gasteiger partial charge on any atom is 0.350 e. The van der Waals surface area contributed by atoms with Crippen LogP contribution in [0.2, 0.25) is 0 Å². The molecule has 1 unspecified atom stereocenters. The van der Waals surface area contributed by atoms with Crippen molar-refractivity contribution in [3.8, 4) is 10.4 Å². The number of methoxy groups -OCH3 is 1. The summed E-state index contributed by atoms with van der Waals surface area (Å²) in [6.07, 6.45) is 1.01. The quantitative estimate of drug-likeness (QED) is 0.542. The fraction of sp³-hybridized carbons (Fsp3) is 0.238. The Kier molecular flexibility index (Phi) is 6.24. The van der Waals surface area contributed by atoms with Gasteiger partial charge in [0.05, 0.1) is 12.8 Å². The molecule has 4 rings (SSSR count). The van der Waals surface area contributed by atoms with Gasteiger partial charge in [0.1, 0.15) is 15.1 Å². The molecule has 0 aliphatic carbocycles. The molecule has 1 atom stereocenters. The van der Waals surface area contributed by atoms with E-state index in [1.807, 2.05) is 30.3 Å². The average Bonchev–Trinajstić information content (AvgIpc) is 3.54. The summed E-state index contributed by atoms with van der Waals surface area (Å²) in [5.74, 6) is -1.02. The monoisotopic (exact) mass is 476 g/mol. The van der Waals surface area contributed by atoms with Gasteiger partial charge in [-0.15, -0.1) is 22.7 Å². The Bertz CT molecular complexity index is 1190. The Morgan fingerprint density at radius 3 is 2.61 bits per heavy atom. The van der Waals surface area contributed by atoms with Gasteiger partial charge in [-0.3, -0.25) is 4.79 Å². The van der Waals surface area contributed by atoms with E-state index in [0.717, 1.165) is 21.8 Å². The number of nitrogens with zero attached hydrogens (tertiary/aromatic N) is 1. The second kappa shape index (κ2) is 8.91. The molecule has 0 spiro atoms. The molecule has 2 aromatic heterocycles. The van der Waals surface area contributed by atoms with E-state index in [-0.39, 0.29) is 15.6 Å². The van der Waals surface area contributed by atoms with E-state index in [4.69, 9.17) is 4.74 Å². The minimum Gasteiger partial charge on any atom is -0.465 e. The molecule has 31 heavy (non-hydrogen) atoms. The molecule has 1 N–H and O–H groups in total. The number of hydrogen-bond acceptors (Lipinski definition) is 7. The highest BCUT2D eigenvalue weighted by molar-refractivity contribution is 7.91. The Morgan fingerprint density at radius 2 is 1.94 bits per heavy atom. The Labute approximate surface area is 188 Å². The van der Waals surface area contributed by atoms with E-state index in [1.165, 1.54) is 28.8 Å². The Balaban J connectivity index is 1.62. The van der Waals surface area contributed by atoms with Gasteiger partial charge in [0.2, 0.25) is 5.91 Å². The van der Waals surface area contributed by atoms with E-state index >= 15 is 0 Å². The zero-order chi connectivity index (χ0) is 22.0. The molecule has 1 aromatic carbocycles. The van der Waals surface area contributed by atoms with Crippen molar-refractivity contribution < 1.29 is 22.7 Å². The first-order valence-electron chi connectivity index (χ1n) is 9.55. The largest absolute Gasteiger partial charge is 0.465 e. The second-order valence-electron chi connectivity index (χ2n) is 6.91. The number of ether oxygens (including phenoxy) is 1. The molecular weight excluding hydrogens is 456 g/mol. The van der Waals surface area contributed by atoms with Crippen LogP contribution in [0.15, 0.2) is 58.1 Å². The molecule has 7 nitrogen and oxygen atoms in total. The van der Waals surface area contributed by atoms with Gasteiger partial charge < -0.3 is 10.1 Å². The van der Waals surface area contributed by atoms with Gasteiger partial charge in [0.25, 0.3) is 10.0 Å². The molecule has 1 saturated heterocycles. The van der Waals surface area contributed by atoms with Gasteiger partial charge in [-0.05, 0) is 35.9 Å². The number of anilines is 1. The fourth-order valence-corrected chi connectivity index (χ4v) is 7.32. The zero-order valence-corrected chi connectivity index (χ0v) is 19.1. The number of benzene rings is 1. The first kappa shape index (κ1) is 21.7. The maximum atomic E-state index is 13.1. The number of thiophene rings is 2. The summed E-state index contributed by atoms with van der Waals surface area (Å²) in [4.78, 5) is 26.4. The zero-order valence-electron chi connectivity index (χ0n) is 16.6. The Morgan fingerprint density at radius 1 is 1.16 bits per heavy atom. The number of carbonyl (C=O) groups is 2. The van der Waals surface area contributed by atoms with Crippen molar-refractivity contribution >= 4 is 50.3 Å². The lowest BCUT2D eigenvalue weighted by atomic mass is 10.2. The summed E-state index contributed by atoms with van der Waals surface area (Å²) < 4.78 is 32.2. The van der Waals surface area contributed by atoms with E-state index in [0.29, 0.717) is 18.5 Å². The van der Waals surface area contributed by atoms with Crippen molar-refractivity contribution in [3.05, 3.63) is 58.8 Å². The van der Waals surface area contributed by atoms with Crippen LogP contribution in [0.5, 0.6) is 0 Å². The number of sulfonamides is 1. The molecule has 1 fully saturated rings. The molecule has 3 aromatic rings. The SMILES string of the molecule is COC(=O)c1sc(-c2ccccc2)cc1NC(=O)C1CCCN1S(=O)(=O)c1cccs1. The summed E-state index contributed by atoms with van der Waals surface area (Å²) in [6.45, 7) is 0.279. The third-order valence-corrected chi connectivity index (χ3v) is 9.43. The number of carbonyl (C=O) groups excluding carboxylic acids is 2. The van der Waals surface area contributed by atoms with Crippen LogP contribution < -0.4 is 5.32 Å². The van der Waals surface area contributed by atoms with Crippen LogP contribution in [0, 0.1) is 0 Å². The van der Waals surface area contributed by atoms with E-state index in [2.05, 4.69) is 5.32 Å². The predicted octanol–water partition coefficient (Wildman–Crippen LogP) is 4.06. The highest BCUT2D eigenvalue weighted by Crippen LogP contribution is 2.36. The van der Waals surface area contributed by atoms with Crippen molar-refractivity contribution in [2.24, 2.45) is 0 Å². The van der Waals surface area contributed by atoms with Crippen molar-refractivity contribution in [1.82, 2.24) is 4.31 Å². The topological polar surface area (TPSA) is 92.8 Å². The molecule has 1 aliphatic heterocycles. The van der Waals surface area contributed by atoms with Crippen molar-refractivity contribution in [1.29, 1.82) is 0 Å². The highest BCUT2D eigenvalue weighted by atomic mass is 32.2. The minimum absolute atomic E-state index is 0.212. The van der Waals surface area contributed by atoms with E-state index < -0.39 is 27.9 Å². The van der Waals surface area contributed by atoms with Crippen LogP contribution in [0.25, 0.3) is 10.4 Å². The molecule has 1 amide bonds. The normalized spacial score (nSPS) is 16.9.